The molecule has 0 spiro atoms. The van der Waals surface area contributed by atoms with Gasteiger partial charge < -0.3 is 10.1 Å². The van der Waals surface area contributed by atoms with E-state index in [1.54, 1.807) is 0 Å². The van der Waals surface area contributed by atoms with Crippen LogP contribution in [0, 0.1) is 0 Å². The first kappa shape index (κ1) is 11.2. The Morgan fingerprint density at radius 1 is 1.27 bits per heavy atom. The Bertz CT molecular complexity index is 335. The highest BCUT2D eigenvalue weighted by Crippen LogP contribution is 2.26. The summed E-state index contributed by atoms with van der Waals surface area (Å²) in [7, 11) is 0. The van der Waals surface area contributed by atoms with Crippen LogP contribution in [0.5, 0.6) is 0 Å². The molecule has 1 aromatic carbocycles. The van der Waals surface area contributed by atoms with Crippen LogP contribution in [0.2, 0.25) is 10.0 Å². The van der Waals surface area contributed by atoms with Crippen molar-refractivity contribution in [1.82, 2.24) is 5.32 Å². The Balaban J connectivity index is 2.16. The Kier molecular flexibility index (Phi) is 3.87. The van der Waals surface area contributed by atoms with Crippen molar-refractivity contribution in [1.29, 1.82) is 0 Å². The van der Waals surface area contributed by atoms with Crippen molar-refractivity contribution in [3.05, 3.63) is 33.8 Å². The van der Waals surface area contributed by atoms with Gasteiger partial charge in [-0.15, -0.1) is 0 Å². The van der Waals surface area contributed by atoms with E-state index in [2.05, 4.69) is 5.32 Å². The topological polar surface area (TPSA) is 21.3 Å². The summed E-state index contributed by atoms with van der Waals surface area (Å²) in [6.07, 6.45) is 0. The molecule has 1 aromatic rings. The van der Waals surface area contributed by atoms with E-state index < -0.39 is 0 Å². The predicted octanol–water partition coefficient (Wildman–Crippen LogP) is 2.70. The van der Waals surface area contributed by atoms with E-state index in [1.165, 1.54) is 5.56 Å². The SMILES string of the molecule is Clc1ccc(C2CNCCOC2)cc1Cl. The van der Waals surface area contributed by atoms with Gasteiger partial charge >= 0.3 is 0 Å². The monoisotopic (exact) mass is 245 g/mol. The number of ether oxygens (including phenoxy) is 1. The zero-order valence-corrected chi connectivity index (χ0v) is 9.81. The minimum Gasteiger partial charge on any atom is -0.379 e. The van der Waals surface area contributed by atoms with Crippen LogP contribution in [-0.4, -0.2) is 26.3 Å². The van der Waals surface area contributed by atoms with Crippen molar-refractivity contribution in [3.8, 4) is 0 Å². The van der Waals surface area contributed by atoms with E-state index in [0.717, 1.165) is 26.3 Å². The maximum atomic E-state index is 5.98. The molecule has 4 heteroatoms. The predicted molar refractivity (Wildman–Crippen MR) is 62.9 cm³/mol. The van der Waals surface area contributed by atoms with Gasteiger partial charge in [0.25, 0.3) is 0 Å². The van der Waals surface area contributed by atoms with Crippen molar-refractivity contribution >= 4 is 23.2 Å². The number of rotatable bonds is 1. The van der Waals surface area contributed by atoms with Crippen LogP contribution in [-0.2, 0) is 4.74 Å². The Morgan fingerprint density at radius 2 is 2.13 bits per heavy atom. The number of halogens is 2. The molecule has 1 heterocycles. The first-order valence-corrected chi connectivity index (χ1v) is 5.76. The normalized spacial score (nSPS) is 22.4. The van der Waals surface area contributed by atoms with Crippen molar-refractivity contribution in [2.75, 3.05) is 26.3 Å². The first-order chi connectivity index (χ1) is 7.27. The van der Waals surface area contributed by atoms with Crippen LogP contribution >= 0.6 is 23.2 Å². The number of nitrogens with one attached hydrogen (secondary N) is 1. The van der Waals surface area contributed by atoms with E-state index >= 15 is 0 Å². The highest BCUT2D eigenvalue weighted by atomic mass is 35.5. The summed E-state index contributed by atoms with van der Waals surface area (Å²) in [5.41, 5.74) is 1.18. The molecule has 2 nitrogen and oxygen atoms in total. The third kappa shape index (κ3) is 2.85. The molecule has 0 aromatic heterocycles. The van der Waals surface area contributed by atoms with Crippen molar-refractivity contribution in [2.45, 2.75) is 5.92 Å². The summed E-state index contributed by atoms with van der Waals surface area (Å²) in [5, 5.41) is 4.54. The summed E-state index contributed by atoms with van der Waals surface area (Å²) in [6.45, 7) is 3.36. The third-order valence-electron chi connectivity index (χ3n) is 2.55. The zero-order valence-electron chi connectivity index (χ0n) is 8.30. The molecule has 0 bridgehead atoms. The molecule has 1 N–H and O–H groups in total. The lowest BCUT2D eigenvalue weighted by Gasteiger charge is -2.14. The molecular formula is C11H13Cl2NO. The minimum absolute atomic E-state index is 0.363. The number of benzene rings is 1. The van der Waals surface area contributed by atoms with Gasteiger partial charge in [0.2, 0.25) is 0 Å². The fraction of sp³-hybridized carbons (Fsp3) is 0.455. The fourth-order valence-corrected chi connectivity index (χ4v) is 1.99. The molecular weight excluding hydrogens is 233 g/mol. The van der Waals surface area contributed by atoms with Gasteiger partial charge in [-0.3, -0.25) is 0 Å². The second-order valence-electron chi connectivity index (χ2n) is 3.65. The molecule has 1 aliphatic rings. The third-order valence-corrected chi connectivity index (χ3v) is 3.29. The molecule has 0 saturated carbocycles. The van der Waals surface area contributed by atoms with Gasteiger partial charge in [0.1, 0.15) is 0 Å². The van der Waals surface area contributed by atoms with Gasteiger partial charge in [-0.05, 0) is 17.7 Å². The Hall–Kier alpha value is -0.280. The van der Waals surface area contributed by atoms with Gasteiger partial charge in [0, 0.05) is 19.0 Å². The molecule has 1 aliphatic heterocycles. The highest BCUT2D eigenvalue weighted by Gasteiger charge is 2.15. The number of hydrogen-bond donors (Lipinski definition) is 1. The molecule has 1 atom stereocenters. The van der Waals surface area contributed by atoms with Crippen molar-refractivity contribution < 1.29 is 4.74 Å². The molecule has 2 rings (SSSR count). The quantitative estimate of drug-likeness (QED) is 0.822. The minimum atomic E-state index is 0.363. The summed E-state index contributed by atoms with van der Waals surface area (Å²) >= 11 is 11.9. The lowest BCUT2D eigenvalue weighted by molar-refractivity contribution is 0.141. The van der Waals surface area contributed by atoms with Crippen molar-refractivity contribution in [2.24, 2.45) is 0 Å². The lowest BCUT2D eigenvalue weighted by atomic mass is 10.0. The maximum Gasteiger partial charge on any atom is 0.0595 e. The fourth-order valence-electron chi connectivity index (χ4n) is 1.69. The molecule has 1 saturated heterocycles. The largest absolute Gasteiger partial charge is 0.379 e. The van der Waals surface area contributed by atoms with E-state index in [4.69, 9.17) is 27.9 Å². The van der Waals surface area contributed by atoms with E-state index in [1.807, 2.05) is 18.2 Å². The van der Waals surface area contributed by atoms with Crippen LogP contribution in [0.1, 0.15) is 11.5 Å². The number of hydrogen-bond acceptors (Lipinski definition) is 2. The maximum absolute atomic E-state index is 5.98. The molecule has 82 valence electrons. The standard InChI is InChI=1S/C11H13Cl2NO/c12-10-2-1-8(5-11(10)13)9-6-14-3-4-15-7-9/h1-2,5,9,14H,3-4,6-7H2. The second kappa shape index (κ2) is 5.17. The van der Waals surface area contributed by atoms with E-state index in [9.17, 15) is 0 Å². The lowest BCUT2D eigenvalue weighted by Crippen LogP contribution is -2.21. The van der Waals surface area contributed by atoms with E-state index in [0.29, 0.717) is 16.0 Å². The van der Waals surface area contributed by atoms with Gasteiger partial charge in [0.05, 0.1) is 23.3 Å². The Morgan fingerprint density at radius 3 is 2.93 bits per heavy atom. The van der Waals surface area contributed by atoms with Crippen LogP contribution in [0.3, 0.4) is 0 Å². The molecule has 1 unspecified atom stereocenters. The van der Waals surface area contributed by atoms with Crippen molar-refractivity contribution in [3.63, 3.8) is 0 Å². The summed E-state index contributed by atoms with van der Waals surface area (Å²) in [6, 6.07) is 5.77. The molecule has 0 amide bonds. The first-order valence-electron chi connectivity index (χ1n) is 5.01. The van der Waals surface area contributed by atoms with Gasteiger partial charge in [0.15, 0.2) is 0 Å². The second-order valence-corrected chi connectivity index (χ2v) is 4.46. The zero-order chi connectivity index (χ0) is 10.7. The van der Waals surface area contributed by atoms with E-state index in [-0.39, 0.29) is 0 Å². The molecule has 1 fully saturated rings. The summed E-state index contributed by atoms with van der Waals surface area (Å²) in [4.78, 5) is 0. The van der Waals surface area contributed by atoms with Crippen LogP contribution < -0.4 is 5.32 Å². The van der Waals surface area contributed by atoms with Crippen LogP contribution in [0.15, 0.2) is 18.2 Å². The van der Waals surface area contributed by atoms with Gasteiger partial charge in [-0.1, -0.05) is 29.3 Å². The van der Waals surface area contributed by atoms with Gasteiger partial charge in [-0.2, -0.15) is 0 Å². The summed E-state index contributed by atoms with van der Waals surface area (Å²) in [5.74, 6) is 0.363. The molecule has 0 radical (unpaired) electrons. The smallest absolute Gasteiger partial charge is 0.0595 e. The average Bonchev–Trinajstić information content (AvgIpc) is 2.50. The van der Waals surface area contributed by atoms with Crippen LogP contribution in [0.4, 0.5) is 0 Å². The molecule has 0 aliphatic carbocycles. The molecule has 15 heavy (non-hydrogen) atoms. The van der Waals surface area contributed by atoms with Gasteiger partial charge in [-0.25, -0.2) is 0 Å². The Labute approximate surface area is 99.5 Å². The summed E-state index contributed by atoms with van der Waals surface area (Å²) < 4.78 is 5.49. The van der Waals surface area contributed by atoms with Crippen LogP contribution in [0.25, 0.3) is 0 Å². The highest BCUT2D eigenvalue weighted by molar-refractivity contribution is 6.42. The average molecular weight is 246 g/mol.